The number of carbonyl (C=O) groups is 1. The van der Waals surface area contributed by atoms with Crippen molar-refractivity contribution in [2.75, 3.05) is 19.6 Å². The number of rotatable bonds is 5. The Labute approximate surface area is 129 Å². The van der Waals surface area contributed by atoms with E-state index in [1.165, 1.54) is 24.0 Å². The number of aryl methyl sites for hydroxylation is 1. The summed E-state index contributed by atoms with van der Waals surface area (Å²) in [6.45, 7) is 4.91. The Morgan fingerprint density at radius 1 is 1.50 bits per heavy atom. The molecule has 1 aliphatic rings. The average Bonchev–Trinajstić information content (AvgIpc) is 2.44. The SMILES string of the molecule is Cc1ccc(Br)cc1CCNC(=O)CC1CCCNC1. The minimum absolute atomic E-state index is 0.186. The Hall–Kier alpha value is -0.870. The van der Waals surface area contributed by atoms with Gasteiger partial charge in [0.15, 0.2) is 0 Å². The summed E-state index contributed by atoms with van der Waals surface area (Å²) in [5, 5.41) is 6.39. The molecule has 1 saturated heterocycles. The molecule has 3 nitrogen and oxygen atoms in total. The summed E-state index contributed by atoms with van der Waals surface area (Å²) in [4.78, 5) is 11.9. The van der Waals surface area contributed by atoms with E-state index in [-0.39, 0.29) is 5.91 Å². The van der Waals surface area contributed by atoms with Gasteiger partial charge in [-0.25, -0.2) is 0 Å². The molecule has 0 saturated carbocycles. The average molecular weight is 339 g/mol. The van der Waals surface area contributed by atoms with Crippen LogP contribution in [0.25, 0.3) is 0 Å². The van der Waals surface area contributed by atoms with Crippen molar-refractivity contribution in [2.45, 2.75) is 32.6 Å². The van der Waals surface area contributed by atoms with Gasteiger partial charge < -0.3 is 10.6 Å². The summed E-state index contributed by atoms with van der Waals surface area (Å²) < 4.78 is 1.10. The first kappa shape index (κ1) is 15.5. The fraction of sp³-hybridized carbons (Fsp3) is 0.562. The van der Waals surface area contributed by atoms with Crippen molar-refractivity contribution in [3.05, 3.63) is 33.8 Å². The number of benzene rings is 1. The fourth-order valence-corrected chi connectivity index (χ4v) is 3.09. The standard InChI is InChI=1S/C16H23BrN2O/c1-12-4-5-15(17)10-14(12)6-8-19-16(20)9-13-3-2-7-18-11-13/h4-5,10,13,18H,2-3,6-9,11H2,1H3,(H,19,20). The van der Waals surface area contributed by atoms with Crippen molar-refractivity contribution >= 4 is 21.8 Å². The van der Waals surface area contributed by atoms with Gasteiger partial charge in [0.25, 0.3) is 0 Å². The lowest BCUT2D eigenvalue weighted by atomic mass is 9.96. The van der Waals surface area contributed by atoms with Crippen molar-refractivity contribution in [1.29, 1.82) is 0 Å². The van der Waals surface area contributed by atoms with Crippen LogP contribution in [0.5, 0.6) is 0 Å². The summed E-state index contributed by atoms with van der Waals surface area (Å²) >= 11 is 3.49. The molecule has 0 aromatic heterocycles. The molecule has 1 heterocycles. The predicted octanol–water partition coefficient (Wildman–Crippen LogP) is 2.81. The topological polar surface area (TPSA) is 41.1 Å². The molecule has 4 heteroatoms. The third-order valence-corrected chi connectivity index (χ3v) is 4.39. The summed E-state index contributed by atoms with van der Waals surface area (Å²) in [6, 6.07) is 6.29. The second-order valence-electron chi connectivity index (χ2n) is 5.59. The third kappa shape index (κ3) is 4.91. The Morgan fingerprint density at radius 2 is 2.35 bits per heavy atom. The maximum Gasteiger partial charge on any atom is 0.220 e. The molecule has 0 aliphatic carbocycles. The van der Waals surface area contributed by atoms with Gasteiger partial charge >= 0.3 is 0 Å². The van der Waals surface area contributed by atoms with Gasteiger partial charge in [-0.1, -0.05) is 22.0 Å². The van der Waals surface area contributed by atoms with Crippen molar-refractivity contribution in [2.24, 2.45) is 5.92 Å². The monoisotopic (exact) mass is 338 g/mol. The summed E-state index contributed by atoms with van der Waals surface area (Å²) in [5.41, 5.74) is 2.57. The second-order valence-corrected chi connectivity index (χ2v) is 6.50. The molecule has 1 aromatic rings. The largest absolute Gasteiger partial charge is 0.356 e. The molecule has 1 amide bonds. The number of hydrogen-bond donors (Lipinski definition) is 2. The second kappa shape index (κ2) is 7.79. The first-order valence-electron chi connectivity index (χ1n) is 7.37. The fourth-order valence-electron chi connectivity index (χ4n) is 2.68. The Balaban J connectivity index is 1.72. The lowest BCUT2D eigenvalue weighted by molar-refractivity contribution is -0.122. The zero-order valence-electron chi connectivity index (χ0n) is 12.0. The molecular formula is C16H23BrN2O. The van der Waals surface area contributed by atoms with E-state index < -0.39 is 0 Å². The first-order chi connectivity index (χ1) is 9.65. The van der Waals surface area contributed by atoms with E-state index in [9.17, 15) is 4.79 Å². The van der Waals surface area contributed by atoms with Crippen LogP contribution >= 0.6 is 15.9 Å². The van der Waals surface area contributed by atoms with E-state index in [1.807, 2.05) is 6.07 Å². The number of carbonyl (C=O) groups excluding carboxylic acids is 1. The van der Waals surface area contributed by atoms with Crippen LogP contribution in [0.2, 0.25) is 0 Å². The predicted molar refractivity (Wildman–Crippen MR) is 85.8 cm³/mol. The highest BCUT2D eigenvalue weighted by Crippen LogP contribution is 2.16. The van der Waals surface area contributed by atoms with Crippen LogP contribution in [0.1, 0.15) is 30.4 Å². The van der Waals surface area contributed by atoms with E-state index >= 15 is 0 Å². The normalized spacial score (nSPS) is 18.8. The van der Waals surface area contributed by atoms with Crippen LogP contribution in [0.4, 0.5) is 0 Å². The molecular weight excluding hydrogens is 316 g/mol. The van der Waals surface area contributed by atoms with E-state index in [0.717, 1.165) is 30.5 Å². The van der Waals surface area contributed by atoms with Crippen LogP contribution in [0, 0.1) is 12.8 Å². The quantitative estimate of drug-likeness (QED) is 0.866. The van der Waals surface area contributed by atoms with Crippen LogP contribution in [-0.4, -0.2) is 25.5 Å². The molecule has 0 radical (unpaired) electrons. The number of amides is 1. The van der Waals surface area contributed by atoms with Gasteiger partial charge in [-0.3, -0.25) is 4.79 Å². The minimum Gasteiger partial charge on any atom is -0.356 e. The van der Waals surface area contributed by atoms with Crippen LogP contribution in [-0.2, 0) is 11.2 Å². The number of hydrogen-bond acceptors (Lipinski definition) is 2. The molecule has 0 spiro atoms. The number of piperidine rings is 1. The molecule has 1 unspecified atom stereocenters. The summed E-state index contributed by atoms with van der Waals surface area (Å²) in [6.07, 6.45) is 3.91. The van der Waals surface area contributed by atoms with Gasteiger partial charge in [0, 0.05) is 17.4 Å². The molecule has 1 aliphatic heterocycles. The molecule has 2 N–H and O–H groups in total. The lowest BCUT2D eigenvalue weighted by Gasteiger charge is -2.22. The van der Waals surface area contributed by atoms with Gasteiger partial charge in [-0.2, -0.15) is 0 Å². The highest BCUT2D eigenvalue weighted by atomic mass is 79.9. The lowest BCUT2D eigenvalue weighted by Crippen LogP contribution is -2.34. The number of halogens is 1. The highest BCUT2D eigenvalue weighted by molar-refractivity contribution is 9.10. The van der Waals surface area contributed by atoms with E-state index in [4.69, 9.17) is 0 Å². The molecule has 1 aromatic carbocycles. The molecule has 2 rings (SSSR count). The van der Waals surface area contributed by atoms with Gasteiger partial charge in [0.1, 0.15) is 0 Å². The van der Waals surface area contributed by atoms with Crippen molar-refractivity contribution in [3.8, 4) is 0 Å². The Kier molecular flexibility index (Phi) is 6.05. The molecule has 0 bridgehead atoms. The zero-order valence-corrected chi connectivity index (χ0v) is 13.6. The third-order valence-electron chi connectivity index (χ3n) is 3.90. The Morgan fingerprint density at radius 3 is 3.10 bits per heavy atom. The van der Waals surface area contributed by atoms with Gasteiger partial charge in [0.05, 0.1) is 0 Å². The maximum atomic E-state index is 11.9. The van der Waals surface area contributed by atoms with Crippen LogP contribution in [0.3, 0.4) is 0 Å². The van der Waals surface area contributed by atoms with Gasteiger partial charge in [-0.05, 0) is 68.5 Å². The van der Waals surface area contributed by atoms with Crippen molar-refractivity contribution < 1.29 is 4.79 Å². The Bertz CT molecular complexity index is 456. The van der Waals surface area contributed by atoms with E-state index in [2.05, 4.69) is 45.6 Å². The summed E-state index contributed by atoms with van der Waals surface area (Å²) in [7, 11) is 0. The minimum atomic E-state index is 0.186. The molecule has 1 atom stereocenters. The first-order valence-corrected chi connectivity index (χ1v) is 8.17. The maximum absolute atomic E-state index is 11.9. The highest BCUT2D eigenvalue weighted by Gasteiger charge is 2.16. The van der Waals surface area contributed by atoms with Crippen molar-refractivity contribution in [3.63, 3.8) is 0 Å². The van der Waals surface area contributed by atoms with E-state index in [0.29, 0.717) is 12.3 Å². The van der Waals surface area contributed by atoms with Gasteiger partial charge in [0.2, 0.25) is 5.91 Å². The zero-order chi connectivity index (χ0) is 14.4. The smallest absolute Gasteiger partial charge is 0.220 e. The van der Waals surface area contributed by atoms with Crippen molar-refractivity contribution in [1.82, 2.24) is 10.6 Å². The van der Waals surface area contributed by atoms with Crippen LogP contribution < -0.4 is 10.6 Å². The van der Waals surface area contributed by atoms with Gasteiger partial charge in [-0.15, -0.1) is 0 Å². The summed E-state index contributed by atoms with van der Waals surface area (Å²) in [5.74, 6) is 0.697. The molecule has 110 valence electrons. The molecule has 20 heavy (non-hydrogen) atoms. The van der Waals surface area contributed by atoms with E-state index in [1.54, 1.807) is 0 Å². The molecule has 1 fully saturated rings. The van der Waals surface area contributed by atoms with Crippen LogP contribution in [0.15, 0.2) is 22.7 Å². The number of nitrogens with one attached hydrogen (secondary N) is 2.